The number of carbonyl (C=O) groups is 2. The quantitative estimate of drug-likeness (QED) is 0.584. The molecule has 4 rings (SSSR count). The van der Waals surface area contributed by atoms with Crippen molar-refractivity contribution in [2.45, 2.75) is 26.7 Å². The summed E-state index contributed by atoms with van der Waals surface area (Å²) in [5.74, 6) is -0.455. The van der Waals surface area contributed by atoms with Gasteiger partial charge in [-0.05, 0) is 49.2 Å². The Kier molecular flexibility index (Phi) is 6.75. The van der Waals surface area contributed by atoms with Crippen molar-refractivity contribution < 1.29 is 14.0 Å². The molecule has 2 N–H and O–H groups in total. The number of nitrogens with one attached hydrogen (secondary N) is 2. The van der Waals surface area contributed by atoms with Crippen molar-refractivity contribution in [2.75, 3.05) is 37.6 Å². The number of piperazine rings is 1. The van der Waals surface area contributed by atoms with Gasteiger partial charge in [-0.1, -0.05) is 18.2 Å². The standard InChI is InChI=1S/C25H30N4O3/c1-18-14-22-20(17-32-23(22)15-19(18)2)16-25(31)27-26-24(30)8-9-28-10-12-29(13-11-28)21-6-4-3-5-7-21/h3-7,14-15,17H,8-13,16H2,1-2H3,(H,26,30)(H,27,31). The topological polar surface area (TPSA) is 77.8 Å². The number of amides is 2. The second-order valence-electron chi connectivity index (χ2n) is 8.38. The minimum absolute atomic E-state index is 0.150. The molecule has 3 aromatic rings. The van der Waals surface area contributed by atoms with Crippen LogP contribution in [-0.2, 0) is 16.0 Å². The molecule has 7 heteroatoms. The van der Waals surface area contributed by atoms with E-state index in [1.54, 1.807) is 6.26 Å². The molecule has 1 fully saturated rings. The Morgan fingerprint density at radius 2 is 1.62 bits per heavy atom. The lowest BCUT2D eigenvalue weighted by Gasteiger charge is -2.36. The molecule has 0 atom stereocenters. The Morgan fingerprint density at radius 3 is 2.38 bits per heavy atom. The molecule has 7 nitrogen and oxygen atoms in total. The number of fused-ring (bicyclic) bond motifs is 1. The first kappa shape index (κ1) is 21.9. The molecule has 0 radical (unpaired) electrons. The van der Waals surface area contributed by atoms with Gasteiger partial charge >= 0.3 is 0 Å². The predicted molar refractivity (Wildman–Crippen MR) is 125 cm³/mol. The second-order valence-corrected chi connectivity index (χ2v) is 8.38. The van der Waals surface area contributed by atoms with Crippen LogP contribution in [0.15, 0.2) is 53.1 Å². The number of rotatable bonds is 6. The maximum Gasteiger partial charge on any atom is 0.242 e. The minimum Gasteiger partial charge on any atom is -0.464 e. The molecular weight excluding hydrogens is 404 g/mol. The van der Waals surface area contributed by atoms with E-state index < -0.39 is 0 Å². The maximum absolute atomic E-state index is 12.3. The lowest BCUT2D eigenvalue weighted by Crippen LogP contribution is -2.48. The molecule has 0 spiro atoms. The number of aryl methyl sites for hydroxylation is 2. The summed E-state index contributed by atoms with van der Waals surface area (Å²) in [5.41, 5.74) is 10.2. The Balaban J connectivity index is 1.18. The molecule has 0 aliphatic carbocycles. The number of carbonyl (C=O) groups excluding carboxylic acids is 2. The van der Waals surface area contributed by atoms with Crippen LogP contribution in [0.2, 0.25) is 0 Å². The molecule has 1 aliphatic heterocycles. The SMILES string of the molecule is Cc1cc2occ(CC(=O)NNC(=O)CCN3CCN(c4ccccc4)CC3)c2cc1C. The highest BCUT2D eigenvalue weighted by atomic mass is 16.3. The van der Waals surface area contributed by atoms with Crippen molar-refractivity contribution in [3.63, 3.8) is 0 Å². The van der Waals surface area contributed by atoms with E-state index >= 15 is 0 Å². The highest BCUT2D eigenvalue weighted by Gasteiger charge is 2.18. The van der Waals surface area contributed by atoms with E-state index in [4.69, 9.17) is 4.42 Å². The van der Waals surface area contributed by atoms with E-state index in [1.165, 1.54) is 5.69 Å². The zero-order valence-electron chi connectivity index (χ0n) is 18.7. The van der Waals surface area contributed by atoms with E-state index in [2.05, 4.69) is 44.9 Å². The number of para-hydroxylation sites is 1. The lowest BCUT2D eigenvalue weighted by atomic mass is 10.0. The zero-order chi connectivity index (χ0) is 22.5. The highest BCUT2D eigenvalue weighted by Crippen LogP contribution is 2.25. The van der Waals surface area contributed by atoms with Crippen LogP contribution in [0.1, 0.15) is 23.1 Å². The summed E-state index contributed by atoms with van der Waals surface area (Å²) >= 11 is 0. The maximum atomic E-state index is 12.3. The van der Waals surface area contributed by atoms with Gasteiger partial charge in [-0.2, -0.15) is 0 Å². The van der Waals surface area contributed by atoms with Crippen molar-refractivity contribution in [3.8, 4) is 0 Å². The molecule has 1 aromatic heterocycles. The molecule has 0 bridgehead atoms. The Bertz CT molecular complexity index is 1090. The van der Waals surface area contributed by atoms with Crippen LogP contribution < -0.4 is 15.8 Å². The number of benzene rings is 2. The van der Waals surface area contributed by atoms with Gasteiger partial charge in [-0.25, -0.2) is 0 Å². The number of hydrogen-bond donors (Lipinski definition) is 2. The highest BCUT2D eigenvalue weighted by molar-refractivity contribution is 5.89. The van der Waals surface area contributed by atoms with E-state index in [-0.39, 0.29) is 18.2 Å². The monoisotopic (exact) mass is 434 g/mol. The normalized spacial score (nSPS) is 14.5. The van der Waals surface area contributed by atoms with Gasteiger partial charge in [0.15, 0.2) is 0 Å². The summed E-state index contributed by atoms with van der Waals surface area (Å²) in [4.78, 5) is 29.1. The van der Waals surface area contributed by atoms with Crippen molar-refractivity contribution in [3.05, 3.63) is 65.4 Å². The molecule has 1 aliphatic rings. The molecule has 1 saturated heterocycles. The van der Waals surface area contributed by atoms with Crippen LogP contribution in [0.3, 0.4) is 0 Å². The molecule has 168 valence electrons. The van der Waals surface area contributed by atoms with E-state index in [0.29, 0.717) is 13.0 Å². The minimum atomic E-state index is -0.268. The van der Waals surface area contributed by atoms with Crippen LogP contribution in [0.4, 0.5) is 5.69 Å². The largest absolute Gasteiger partial charge is 0.464 e. The average molecular weight is 435 g/mol. The number of furan rings is 1. The summed E-state index contributed by atoms with van der Waals surface area (Å²) in [6, 6.07) is 14.4. The summed E-state index contributed by atoms with van der Waals surface area (Å²) in [7, 11) is 0. The van der Waals surface area contributed by atoms with Crippen LogP contribution >= 0.6 is 0 Å². The predicted octanol–water partition coefficient (Wildman–Crippen LogP) is 2.95. The smallest absolute Gasteiger partial charge is 0.242 e. The third-order valence-electron chi connectivity index (χ3n) is 6.11. The third-order valence-corrected chi connectivity index (χ3v) is 6.11. The summed E-state index contributed by atoms with van der Waals surface area (Å²) < 4.78 is 5.58. The van der Waals surface area contributed by atoms with Crippen molar-refractivity contribution in [2.24, 2.45) is 0 Å². The van der Waals surface area contributed by atoms with Gasteiger partial charge in [0, 0.05) is 55.8 Å². The molecule has 32 heavy (non-hydrogen) atoms. The first-order valence-electron chi connectivity index (χ1n) is 11.1. The first-order chi connectivity index (χ1) is 15.5. The first-order valence-corrected chi connectivity index (χ1v) is 11.1. The van der Waals surface area contributed by atoms with Crippen LogP contribution in [0.25, 0.3) is 11.0 Å². The van der Waals surface area contributed by atoms with Gasteiger partial charge in [-0.3, -0.25) is 25.3 Å². The molecule has 2 amide bonds. The number of anilines is 1. The number of hydrazine groups is 1. The second kappa shape index (κ2) is 9.87. The van der Waals surface area contributed by atoms with Crippen molar-refractivity contribution in [1.29, 1.82) is 0 Å². The zero-order valence-corrected chi connectivity index (χ0v) is 18.7. The van der Waals surface area contributed by atoms with Gasteiger partial charge < -0.3 is 9.32 Å². The fraction of sp³-hybridized carbons (Fsp3) is 0.360. The molecule has 2 heterocycles. The van der Waals surface area contributed by atoms with Crippen molar-refractivity contribution in [1.82, 2.24) is 15.8 Å². The Labute approximate surface area is 188 Å². The van der Waals surface area contributed by atoms with Gasteiger partial charge in [0.25, 0.3) is 0 Å². The van der Waals surface area contributed by atoms with Gasteiger partial charge in [-0.15, -0.1) is 0 Å². The van der Waals surface area contributed by atoms with E-state index in [1.807, 2.05) is 32.0 Å². The number of nitrogens with zero attached hydrogens (tertiary/aromatic N) is 2. The average Bonchev–Trinajstić information content (AvgIpc) is 3.18. The fourth-order valence-corrected chi connectivity index (χ4v) is 4.02. The summed E-state index contributed by atoms with van der Waals surface area (Å²) in [6.07, 6.45) is 2.11. The summed E-state index contributed by atoms with van der Waals surface area (Å²) in [6.45, 7) is 8.47. The van der Waals surface area contributed by atoms with Gasteiger partial charge in [0.1, 0.15) is 5.58 Å². The van der Waals surface area contributed by atoms with E-state index in [9.17, 15) is 9.59 Å². The fourth-order valence-electron chi connectivity index (χ4n) is 4.02. The van der Waals surface area contributed by atoms with Crippen molar-refractivity contribution >= 4 is 28.5 Å². The molecule has 2 aromatic carbocycles. The van der Waals surface area contributed by atoms with Crippen LogP contribution in [0, 0.1) is 13.8 Å². The molecular formula is C25H30N4O3. The third kappa shape index (κ3) is 5.29. The van der Waals surface area contributed by atoms with E-state index in [0.717, 1.165) is 53.8 Å². The Hall–Kier alpha value is -3.32. The summed E-state index contributed by atoms with van der Waals surface area (Å²) in [5, 5.41) is 0.934. The Morgan fingerprint density at radius 1 is 0.938 bits per heavy atom. The molecule has 0 unspecified atom stereocenters. The van der Waals surface area contributed by atoms with Gasteiger partial charge in [0.05, 0.1) is 12.7 Å². The lowest BCUT2D eigenvalue weighted by molar-refractivity contribution is -0.128. The molecule has 0 saturated carbocycles. The van der Waals surface area contributed by atoms with Crippen LogP contribution in [0.5, 0.6) is 0 Å². The van der Waals surface area contributed by atoms with Gasteiger partial charge in [0.2, 0.25) is 11.8 Å². The number of hydrogen-bond acceptors (Lipinski definition) is 5. The van der Waals surface area contributed by atoms with Crippen LogP contribution in [-0.4, -0.2) is 49.4 Å².